The molecule has 1 aliphatic heterocycles. The van der Waals surface area contributed by atoms with Gasteiger partial charge in [0.15, 0.2) is 5.96 Å². The Hall–Kier alpha value is -1.30. The highest BCUT2D eigenvalue weighted by atomic mass is 35.5. The average Bonchev–Trinajstić information content (AvgIpc) is 2.69. The molecule has 108 valence electrons. The highest BCUT2D eigenvalue weighted by Crippen LogP contribution is 2.32. The summed E-state index contributed by atoms with van der Waals surface area (Å²) in [6.45, 7) is 2.67. The van der Waals surface area contributed by atoms with Gasteiger partial charge in [-0.05, 0) is 25.1 Å². The van der Waals surface area contributed by atoms with Gasteiger partial charge in [0.1, 0.15) is 5.54 Å². The maximum Gasteiger partial charge on any atom is 0.256 e. The quantitative estimate of drug-likeness (QED) is 0.835. The van der Waals surface area contributed by atoms with Gasteiger partial charge in [-0.3, -0.25) is 15.1 Å². The molecule has 2 rings (SSSR count). The lowest BCUT2D eigenvalue weighted by molar-refractivity contribution is -0.123. The van der Waals surface area contributed by atoms with Crippen molar-refractivity contribution in [1.29, 1.82) is 0 Å². The molecule has 1 aliphatic rings. The first-order valence-electron chi connectivity index (χ1n) is 6.06. The van der Waals surface area contributed by atoms with E-state index in [0.29, 0.717) is 34.7 Å². The number of halogens is 2. The molecule has 20 heavy (non-hydrogen) atoms. The number of aliphatic imine (C=N–C) groups is 1. The fourth-order valence-corrected chi connectivity index (χ4v) is 2.43. The highest BCUT2D eigenvalue weighted by Gasteiger charge is 2.43. The van der Waals surface area contributed by atoms with E-state index in [2.05, 4.69) is 15.6 Å². The lowest BCUT2D eigenvalue weighted by atomic mass is 9.92. The van der Waals surface area contributed by atoms with Crippen LogP contribution in [0.25, 0.3) is 0 Å². The van der Waals surface area contributed by atoms with Gasteiger partial charge < -0.3 is 10.1 Å². The lowest BCUT2D eigenvalue weighted by Gasteiger charge is -2.23. The smallest absolute Gasteiger partial charge is 0.256 e. The zero-order valence-corrected chi connectivity index (χ0v) is 12.7. The second kappa shape index (κ2) is 5.99. The van der Waals surface area contributed by atoms with Crippen molar-refractivity contribution >= 4 is 35.1 Å². The summed E-state index contributed by atoms with van der Waals surface area (Å²) < 4.78 is 4.91. The van der Waals surface area contributed by atoms with Gasteiger partial charge in [0.25, 0.3) is 5.91 Å². The molecule has 0 aliphatic carbocycles. The molecular formula is C13H15Cl2N3O2. The molecule has 0 aromatic heterocycles. The van der Waals surface area contributed by atoms with Crippen molar-refractivity contribution in [3.63, 3.8) is 0 Å². The van der Waals surface area contributed by atoms with Crippen molar-refractivity contribution < 1.29 is 9.53 Å². The third-order valence-corrected chi connectivity index (χ3v) is 3.65. The standard InChI is InChI=1S/C13H15Cl2N3O2/c1-13(9-7-8(14)3-4-10(9)15)11(19)17-12(18-13)16-5-6-20-2/h3-4,7H,5-6H2,1-2H3,(H2,16,17,18,19). The molecule has 1 atom stereocenters. The first-order chi connectivity index (χ1) is 9.47. The molecule has 1 aromatic carbocycles. The summed E-state index contributed by atoms with van der Waals surface area (Å²) in [6, 6.07) is 5.02. The van der Waals surface area contributed by atoms with E-state index in [1.54, 1.807) is 32.2 Å². The van der Waals surface area contributed by atoms with Gasteiger partial charge in [0.2, 0.25) is 0 Å². The van der Waals surface area contributed by atoms with Crippen LogP contribution >= 0.6 is 23.2 Å². The van der Waals surface area contributed by atoms with Crippen molar-refractivity contribution in [2.24, 2.45) is 4.99 Å². The number of benzene rings is 1. The van der Waals surface area contributed by atoms with Crippen LogP contribution in [0.5, 0.6) is 0 Å². The van der Waals surface area contributed by atoms with Gasteiger partial charge in [-0.25, -0.2) is 0 Å². The molecule has 2 N–H and O–H groups in total. The number of hydrogen-bond acceptors (Lipinski definition) is 3. The molecule has 0 spiro atoms. The number of nitrogens with one attached hydrogen (secondary N) is 2. The van der Waals surface area contributed by atoms with E-state index >= 15 is 0 Å². The molecule has 1 fully saturated rings. The van der Waals surface area contributed by atoms with E-state index in [9.17, 15) is 4.79 Å². The lowest BCUT2D eigenvalue weighted by Crippen LogP contribution is -2.41. The van der Waals surface area contributed by atoms with Crippen molar-refractivity contribution in [1.82, 2.24) is 10.6 Å². The summed E-state index contributed by atoms with van der Waals surface area (Å²) in [4.78, 5) is 16.4. The van der Waals surface area contributed by atoms with Crippen molar-refractivity contribution in [2.75, 3.05) is 20.3 Å². The Kier molecular flexibility index (Phi) is 4.52. The van der Waals surface area contributed by atoms with Crippen molar-refractivity contribution in [3.05, 3.63) is 33.8 Å². The van der Waals surface area contributed by atoms with Gasteiger partial charge in [-0.1, -0.05) is 23.2 Å². The molecule has 0 radical (unpaired) electrons. The molecule has 0 saturated carbocycles. The molecule has 7 heteroatoms. The fourth-order valence-electron chi connectivity index (χ4n) is 1.96. The van der Waals surface area contributed by atoms with E-state index in [-0.39, 0.29) is 5.91 Å². The van der Waals surface area contributed by atoms with E-state index in [1.807, 2.05) is 0 Å². The monoisotopic (exact) mass is 315 g/mol. The molecule has 1 aromatic rings. The van der Waals surface area contributed by atoms with Gasteiger partial charge >= 0.3 is 0 Å². The zero-order valence-electron chi connectivity index (χ0n) is 11.2. The molecule has 1 saturated heterocycles. The maximum absolute atomic E-state index is 12.2. The Bertz CT molecular complexity index is 563. The van der Waals surface area contributed by atoms with Crippen LogP contribution in [-0.4, -0.2) is 32.1 Å². The van der Waals surface area contributed by atoms with Crippen molar-refractivity contribution in [2.45, 2.75) is 12.5 Å². The molecule has 1 heterocycles. The highest BCUT2D eigenvalue weighted by molar-refractivity contribution is 6.34. The second-order valence-electron chi connectivity index (χ2n) is 4.55. The zero-order chi connectivity index (χ0) is 14.8. The van der Waals surface area contributed by atoms with E-state index in [4.69, 9.17) is 27.9 Å². The van der Waals surface area contributed by atoms with Crippen LogP contribution in [0.2, 0.25) is 10.0 Å². The molecule has 1 unspecified atom stereocenters. The van der Waals surface area contributed by atoms with Gasteiger partial charge in [-0.2, -0.15) is 0 Å². The van der Waals surface area contributed by atoms with Crippen LogP contribution in [0.15, 0.2) is 23.2 Å². The number of ether oxygens (including phenoxy) is 1. The summed E-state index contributed by atoms with van der Waals surface area (Å²) in [6.07, 6.45) is 0. The fraction of sp³-hybridized carbons (Fsp3) is 0.385. The van der Waals surface area contributed by atoms with Gasteiger partial charge in [0, 0.05) is 22.7 Å². The second-order valence-corrected chi connectivity index (χ2v) is 5.40. The number of carbonyl (C=O) groups excluding carboxylic acids is 1. The predicted octanol–water partition coefficient (Wildman–Crippen LogP) is 1.93. The van der Waals surface area contributed by atoms with Crippen molar-refractivity contribution in [3.8, 4) is 0 Å². The number of methoxy groups -OCH3 is 1. The minimum absolute atomic E-state index is 0.224. The molecule has 5 nitrogen and oxygen atoms in total. The molecule has 1 amide bonds. The maximum atomic E-state index is 12.2. The Morgan fingerprint density at radius 3 is 2.85 bits per heavy atom. The average molecular weight is 316 g/mol. The molecule has 0 bridgehead atoms. The van der Waals surface area contributed by atoms with E-state index in [1.165, 1.54) is 0 Å². The SMILES string of the molecule is COCCN=C1NC(=O)C(C)(c2cc(Cl)ccc2Cl)N1. The summed E-state index contributed by atoms with van der Waals surface area (Å²) in [5.74, 6) is 0.184. The van der Waals surface area contributed by atoms with Crippen LogP contribution in [0.4, 0.5) is 0 Å². The summed E-state index contributed by atoms with van der Waals surface area (Å²) in [5.41, 5.74) is -0.380. The summed E-state index contributed by atoms with van der Waals surface area (Å²) in [5, 5.41) is 6.73. The van der Waals surface area contributed by atoms with E-state index < -0.39 is 5.54 Å². The predicted molar refractivity (Wildman–Crippen MR) is 79.3 cm³/mol. The summed E-state index contributed by atoms with van der Waals surface area (Å²) in [7, 11) is 1.59. The van der Waals surface area contributed by atoms with Crippen LogP contribution in [0.1, 0.15) is 12.5 Å². The topological polar surface area (TPSA) is 62.7 Å². The van der Waals surface area contributed by atoms with Crippen LogP contribution in [-0.2, 0) is 15.1 Å². The van der Waals surface area contributed by atoms with Gasteiger partial charge in [-0.15, -0.1) is 0 Å². The minimum atomic E-state index is -0.992. The molecular weight excluding hydrogens is 301 g/mol. The Balaban J connectivity index is 2.28. The number of nitrogens with zero attached hydrogens (tertiary/aromatic N) is 1. The number of amides is 1. The van der Waals surface area contributed by atoms with Crippen LogP contribution < -0.4 is 10.6 Å². The normalized spacial score (nSPS) is 23.8. The Morgan fingerprint density at radius 2 is 2.15 bits per heavy atom. The van der Waals surface area contributed by atoms with Gasteiger partial charge in [0.05, 0.1) is 13.2 Å². The summed E-state index contributed by atoms with van der Waals surface area (Å²) >= 11 is 12.1. The number of rotatable bonds is 4. The Morgan fingerprint density at radius 1 is 1.40 bits per heavy atom. The number of carbonyl (C=O) groups is 1. The van der Waals surface area contributed by atoms with E-state index in [0.717, 1.165) is 0 Å². The number of hydrogen-bond donors (Lipinski definition) is 2. The van der Waals surface area contributed by atoms with Crippen LogP contribution in [0, 0.1) is 0 Å². The first-order valence-corrected chi connectivity index (χ1v) is 6.81. The number of guanidine groups is 1. The Labute approximate surface area is 127 Å². The minimum Gasteiger partial charge on any atom is -0.383 e. The first kappa shape index (κ1) is 15.1. The van der Waals surface area contributed by atoms with Crippen LogP contribution in [0.3, 0.4) is 0 Å². The largest absolute Gasteiger partial charge is 0.383 e. The third-order valence-electron chi connectivity index (χ3n) is 3.09. The third kappa shape index (κ3) is 2.90.